The van der Waals surface area contributed by atoms with E-state index in [0.717, 1.165) is 12.2 Å². The molecule has 0 radical (unpaired) electrons. The van der Waals surface area contributed by atoms with Crippen molar-refractivity contribution in [3.05, 3.63) is 29.6 Å². The Bertz CT molecular complexity index is 309. The number of nitrogens with one attached hydrogen (secondary N) is 1. The van der Waals surface area contributed by atoms with E-state index in [1.165, 1.54) is 18.5 Å². The van der Waals surface area contributed by atoms with Crippen molar-refractivity contribution in [1.82, 2.24) is 10.3 Å². The van der Waals surface area contributed by atoms with Gasteiger partial charge in [0.25, 0.3) is 0 Å². The van der Waals surface area contributed by atoms with Crippen LogP contribution in [0.1, 0.15) is 51.0 Å². The van der Waals surface area contributed by atoms with Gasteiger partial charge in [-0.05, 0) is 37.9 Å². The van der Waals surface area contributed by atoms with E-state index in [0.29, 0.717) is 12.0 Å². The molecule has 0 aliphatic carbocycles. The maximum atomic E-state index is 4.63. The number of hydrogen-bond donors (Lipinski definition) is 1. The first-order valence-electron chi connectivity index (χ1n) is 6.36. The maximum Gasteiger partial charge on any atom is 0.0579 e. The van der Waals surface area contributed by atoms with Crippen LogP contribution in [0.5, 0.6) is 0 Å². The van der Waals surface area contributed by atoms with Gasteiger partial charge in [0, 0.05) is 5.69 Å². The molecule has 0 saturated heterocycles. The molecule has 0 amide bonds. The average Bonchev–Trinajstić information content (AvgIpc) is 2.29. The van der Waals surface area contributed by atoms with Crippen molar-refractivity contribution in [2.24, 2.45) is 5.92 Å². The van der Waals surface area contributed by atoms with Gasteiger partial charge in [-0.1, -0.05) is 33.3 Å². The number of aryl methyl sites for hydroxylation is 1. The third kappa shape index (κ3) is 3.60. The lowest BCUT2D eigenvalue weighted by Gasteiger charge is -2.24. The largest absolute Gasteiger partial charge is 0.308 e. The third-order valence-corrected chi connectivity index (χ3v) is 3.06. The highest BCUT2D eigenvalue weighted by Gasteiger charge is 2.18. The molecule has 0 aromatic carbocycles. The Hall–Kier alpha value is -0.890. The molecule has 2 nitrogen and oxygen atoms in total. The maximum absolute atomic E-state index is 4.63. The molecule has 0 aliphatic rings. The second-order valence-corrected chi connectivity index (χ2v) is 4.52. The van der Waals surface area contributed by atoms with Gasteiger partial charge in [0.2, 0.25) is 0 Å². The number of pyridine rings is 1. The van der Waals surface area contributed by atoms with Gasteiger partial charge in [-0.15, -0.1) is 0 Å². The molecule has 2 heteroatoms. The summed E-state index contributed by atoms with van der Waals surface area (Å²) in [5.74, 6) is 0.626. The first-order valence-corrected chi connectivity index (χ1v) is 6.36. The van der Waals surface area contributed by atoms with E-state index in [1.807, 2.05) is 0 Å². The number of nitrogens with zero attached hydrogens (tertiary/aromatic N) is 1. The standard InChI is InChI=1S/C14H24N2/c1-5-10-15-14(11(3)6-2)13-9-7-8-12(4)16-13/h7-9,11,14-15H,5-6,10H2,1-4H3. The lowest BCUT2D eigenvalue weighted by Crippen LogP contribution is -2.28. The molecule has 0 fully saturated rings. The zero-order chi connectivity index (χ0) is 12.0. The van der Waals surface area contributed by atoms with Crippen molar-refractivity contribution in [3.63, 3.8) is 0 Å². The van der Waals surface area contributed by atoms with Crippen LogP contribution in [-0.2, 0) is 0 Å². The molecule has 1 rings (SSSR count). The van der Waals surface area contributed by atoms with E-state index in [9.17, 15) is 0 Å². The van der Waals surface area contributed by atoms with E-state index < -0.39 is 0 Å². The predicted octanol–water partition coefficient (Wildman–Crippen LogP) is 3.48. The van der Waals surface area contributed by atoms with Crippen LogP contribution in [0.15, 0.2) is 18.2 Å². The van der Waals surface area contributed by atoms with Crippen LogP contribution in [0.3, 0.4) is 0 Å². The summed E-state index contributed by atoms with van der Waals surface area (Å²) < 4.78 is 0. The minimum atomic E-state index is 0.393. The Labute approximate surface area is 99.5 Å². The van der Waals surface area contributed by atoms with Crippen LogP contribution in [0, 0.1) is 12.8 Å². The molecular formula is C14H24N2. The fourth-order valence-electron chi connectivity index (χ4n) is 1.87. The van der Waals surface area contributed by atoms with E-state index in [1.54, 1.807) is 0 Å². The lowest BCUT2D eigenvalue weighted by molar-refractivity contribution is 0.369. The second-order valence-electron chi connectivity index (χ2n) is 4.52. The molecule has 1 N–H and O–H groups in total. The zero-order valence-electron chi connectivity index (χ0n) is 11.0. The van der Waals surface area contributed by atoms with Crippen LogP contribution in [0.25, 0.3) is 0 Å². The molecule has 1 heterocycles. The summed E-state index contributed by atoms with van der Waals surface area (Å²) in [6, 6.07) is 6.68. The predicted molar refractivity (Wildman–Crippen MR) is 69.5 cm³/mol. The van der Waals surface area contributed by atoms with Crippen LogP contribution in [0.4, 0.5) is 0 Å². The molecule has 2 atom stereocenters. The summed E-state index contributed by atoms with van der Waals surface area (Å²) in [4.78, 5) is 4.63. The number of hydrogen-bond acceptors (Lipinski definition) is 2. The summed E-state index contributed by atoms with van der Waals surface area (Å²) in [7, 11) is 0. The molecule has 0 aliphatic heterocycles. The fourth-order valence-corrected chi connectivity index (χ4v) is 1.87. The monoisotopic (exact) mass is 220 g/mol. The van der Waals surface area contributed by atoms with Gasteiger partial charge in [0.15, 0.2) is 0 Å². The smallest absolute Gasteiger partial charge is 0.0579 e. The molecule has 0 spiro atoms. The van der Waals surface area contributed by atoms with Crippen LogP contribution < -0.4 is 5.32 Å². The van der Waals surface area contributed by atoms with Gasteiger partial charge in [0.05, 0.1) is 11.7 Å². The number of rotatable bonds is 6. The van der Waals surface area contributed by atoms with E-state index in [2.05, 4.69) is 56.2 Å². The van der Waals surface area contributed by atoms with Gasteiger partial charge in [0.1, 0.15) is 0 Å². The first-order chi connectivity index (χ1) is 7.69. The average molecular weight is 220 g/mol. The summed E-state index contributed by atoms with van der Waals surface area (Å²) in [5.41, 5.74) is 2.28. The van der Waals surface area contributed by atoms with Crippen LogP contribution in [0.2, 0.25) is 0 Å². The minimum absolute atomic E-state index is 0.393. The van der Waals surface area contributed by atoms with E-state index in [-0.39, 0.29) is 0 Å². The Morgan fingerprint density at radius 2 is 2.06 bits per heavy atom. The summed E-state index contributed by atoms with van der Waals surface area (Å²) in [6.07, 6.45) is 2.34. The van der Waals surface area contributed by atoms with E-state index >= 15 is 0 Å². The highest BCUT2D eigenvalue weighted by atomic mass is 14.9. The summed E-state index contributed by atoms with van der Waals surface area (Å²) in [6.45, 7) is 9.84. The normalized spacial score (nSPS) is 14.8. The van der Waals surface area contributed by atoms with Crippen molar-refractivity contribution in [3.8, 4) is 0 Å². The SMILES string of the molecule is CCCNC(c1cccc(C)n1)C(C)CC. The van der Waals surface area contributed by atoms with Crippen LogP contribution >= 0.6 is 0 Å². The highest BCUT2D eigenvalue weighted by Crippen LogP contribution is 2.22. The quantitative estimate of drug-likeness (QED) is 0.794. The molecule has 90 valence electrons. The molecule has 2 unspecified atom stereocenters. The van der Waals surface area contributed by atoms with Crippen molar-refractivity contribution in [2.45, 2.75) is 46.6 Å². The Morgan fingerprint density at radius 1 is 1.31 bits per heavy atom. The molecule has 1 aromatic rings. The summed E-state index contributed by atoms with van der Waals surface area (Å²) >= 11 is 0. The summed E-state index contributed by atoms with van der Waals surface area (Å²) in [5, 5.41) is 3.60. The highest BCUT2D eigenvalue weighted by molar-refractivity contribution is 5.14. The molecule has 1 aromatic heterocycles. The van der Waals surface area contributed by atoms with Gasteiger partial charge >= 0.3 is 0 Å². The van der Waals surface area contributed by atoms with Crippen molar-refractivity contribution in [1.29, 1.82) is 0 Å². The van der Waals surface area contributed by atoms with Gasteiger partial charge in [-0.25, -0.2) is 0 Å². The zero-order valence-corrected chi connectivity index (χ0v) is 11.0. The minimum Gasteiger partial charge on any atom is -0.308 e. The van der Waals surface area contributed by atoms with Crippen molar-refractivity contribution in [2.75, 3.05) is 6.54 Å². The molecule has 16 heavy (non-hydrogen) atoms. The third-order valence-electron chi connectivity index (χ3n) is 3.06. The second kappa shape index (κ2) is 6.64. The van der Waals surface area contributed by atoms with Crippen molar-refractivity contribution < 1.29 is 0 Å². The topological polar surface area (TPSA) is 24.9 Å². The Morgan fingerprint density at radius 3 is 2.62 bits per heavy atom. The van der Waals surface area contributed by atoms with Gasteiger partial charge in [-0.2, -0.15) is 0 Å². The van der Waals surface area contributed by atoms with Crippen molar-refractivity contribution >= 4 is 0 Å². The van der Waals surface area contributed by atoms with Gasteiger partial charge < -0.3 is 5.32 Å². The lowest BCUT2D eigenvalue weighted by atomic mass is 9.95. The molecular weight excluding hydrogens is 196 g/mol. The van der Waals surface area contributed by atoms with Crippen LogP contribution in [-0.4, -0.2) is 11.5 Å². The molecule has 0 bridgehead atoms. The fraction of sp³-hybridized carbons (Fsp3) is 0.643. The van der Waals surface area contributed by atoms with E-state index in [4.69, 9.17) is 0 Å². The Kier molecular flexibility index (Phi) is 5.47. The Balaban J connectivity index is 2.82. The first kappa shape index (κ1) is 13.2. The molecule has 0 saturated carbocycles. The van der Waals surface area contributed by atoms with Gasteiger partial charge in [-0.3, -0.25) is 4.98 Å². The number of aromatic nitrogens is 1.